The average molecular weight is 316 g/mol. The van der Waals surface area contributed by atoms with Crippen molar-refractivity contribution in [3.63, 3.8) is 0 Å². The lowest BCUT2D eigenvalue weighted by Gasteiger charge is -2.31. The van der Waals surface area contributed by atoms with Crippen LogP contribution in [0.15, 0.2) is 24.0 Å². The maximum atomic E-state index is 12.5. The van der Waals surface area contributed by atoms with Gasteiger partial charge in [-0.3, -0.25) is 0 Å². The number of hydrogen-bond donors (Lipinski definition) is 1. The van der Waals surface area contributed by atoms with E-state index in [1.807, 2.05) is 32.0 Å². The number of benzene rings is 1. The van der Waals surface area contributed by atoms with Crippen LogP contribution in [0.2, 0.25) is 0 Å². The van der Waals surface area contributed by atoms with Crippen molar-refractivity contribution in [2.24, 2.45) is 5.92 Å². The summed E-state index contributed by atoms with van der Waals surface area (Å²) < 4.78 is 11.3. The van der Waals surface area contributed by atoms with Crippen molar-refractivity contribution in [2.75, 3.05) is 13.2 Å². The molecule has 124 valence electrons. The fraction of sp³-hybridized carbons (Fsp3) is 0.526. The van der Waals surface area contributed by atoms with Crippen molar-refractivity contribution < 1.29 is 19.4 Å². The molecule has 4 nitrogen and oxygen atoms in total. The lowest BCUT2D eigenvalue weighted by atomic mass is 9.87. The molecule has 1 fully saturated rings. The van der Waals surface area contributed by atoms with Gasteiger partial charge in [0.1, 0.15) is 5.57 Å². The van der Waals surface area contributed by atoms with Gasteiger partial charge in [-0.1, -0.05) is 30.7 Å². The van der Waals surface area contributed by atoms with Crippen molar-refractivity contribution in [3.8, 4) is 0 Å². The minimum Gasteiger partial charge on any atom is -0.507 e. The second kappa shape index (κ2) is 6.00. The molecule has 23 heavy (non-hydrogen) atoms. The molecule has 1 saturated heterocycles. The van der Waals surface area contributed by atoms with Gasteiger partial charge in [-0.25, -0.2) is 4.79 Å². The lowest BCUT2D eigenvalue weighted by molar-refractivity contribution is -0.155. The largest absolute Gasteiger partial charge is 0.507 e. The maximum Gasteiger partial charge on any atom is 0.343 e. The fourth-order valence-electron chi connectivity index (χ4n) is 3.33. The molecule has 1 spiro atoms. The van der Waals surface area contributed by atoms with Crippen molar-refractivity contribution in [1.82, 2.24) is 0 Å². The average Bonchev–Trinajstić information content (AvgIpc) is 2.74. The maximum absolute atomic E-state index is 12.5. The first-order valence-electron chi connectivity index (χ1n) is 8.25. The number of aliphatic hydroxyl groups is 1. The minimum absolute atomic E-state index is 0.0327. The molecule has 2 aliphatic heterocycles. The Labute approximate surface area is 137 Å². The highest BCUT2D eigenvalue weighted by molar-refractivity contribution is 6.20. The van der Waals surface area contributed by atoms with Crippen molar-refractivity contribution >= 4 is 11.5 Å². The Morgan fingerprint density at radius 2 is 2.04 bits per heavy atom. The third kappa shape index (κ3) is 2.88. The molecule has 2 aliphatic rings. The van der Waals surface area contributed by atoms with Crippen molar-refractivity contribution in [1.29, 1.82) is 0 Å². The molecule has 0 amide bonds. The molecule has 1 aromatic rings. The molecule has 1 N–H and O–H groups in total. The number of aliphatic hydroxyl groups excluding tert-OH is 1. The van der Waals surface area contributed by atoms with Crippen LogP contribution >= 0.6 is 0 Å². The molecule has 0 aliphatic carbocycles. The number of carbonyl (C=O) groups is 1. The number of aryl methyl sites for hydroxylation is 2. The smallest absolute Gasteiger partial charge is 0.343 e. The van der Waals surface area contributed by atoms with Gasteiger partial charge in [-0.15, -0.1) is 0 Å². The Bertz CT molecular complexity index is 661. The van der Waals surface area contributed by atoms with Gasteiger partial charge in [0.05, 0.1) is 6.61 Å². The normalized spacial score (nSPS) is 28.7. The molecule has 3 rings (SSSR count). The van der Waals surface area contributed by atoms with Crippen molar-refractivity contribution in [3.05, 3.63) is 40.6 Å². The Balaban J connectivity index is 2.04. The molecule has 0 saturated carbocycles. The Hall–Kier alpha value is -1.81. The van der Waals surface area contributed by atoms with E-state index in [1.165, 1.54) is 0 Å². The van der Waals surface area contributed by atoms with E-state index in [-0.39, 0.29) is 12.4 Å². The Kier molecular flexibility index (Phi) is 4.19. The fourth-order valence-corrected chi connectivity index (χ4v) is 3.33. The first-order chi connectivity index (χ1) is 10.9. The van der Waals surface area contributed by atoms with E-state index in [1.54, 1.807) is 0 Å². The minimum atomic E-state index is -1.02. The van der Waals surface area contributed by atoms with Crippen LogP contribution in [0.1, 0.15) is 42.9 Å². The summed E-state index contributed by atoms with van der Waals surface area (Å²) in [6, 6.07) is 5.88. The SMILES string of the molecule is Cc1ccc(C)c(C2=C(O)C3(CCC(C)CCOC3)OC2=O)c1. The zero-order valence-electron chi connectivity index (χ0n) is 14.0. The summed E-state index contributed by atoms with van der Waals surface area (Å²) in [6.45, 7) is 6.92. The van der Waals surface area contributed by atoms with E-state index in [0.29, 0.717) is 24.5 Å². The number of hydrogen-bond acceptors (Lipinski definition) is 4. The van der Waals surface area contributed by atoms with Crippen LogP contribution in [0, 0.1) is 19.8 Å². The zero-order chi connectivity index (χ0) is 16.6. The first kappa shape index (κ1) is 16.1. The summed E-state index contributed by atoms with van der Waals surface area (Å²) in [7, 11) is 0. The van der Waals surface area contributed by atoms with E-state index in [0.717, 1.165) is 29.5 Å². The monoisotopic (exact) mass is 316 g/mol. The second-order valence-electron chi connectivity index (χ2n) is 6.91. The van der Waals surface area contributed by atoms with Gasteiger partial charge in [-0.05, 0) is 50.2 Å². The van der Waals surface area contributed by atoms with Crippen LogP contribution in [-0.2, 0) is 14.3 Å². The lowest BCUT2D eigenvalue weighted by Crippen LogP contribution is -2.39. The summed E-state index contributed by atoms with van der Waals surface area (Å²) >= 11 is 0. The van der Waals surface area contributed by atoms with Crippen LogP contribution in [0.4, 0.5) is 0 Å². The first-order valence-corrected chi connectivity index (χ1v) is 8.25. The third-order valence-corrected chi connectivity index (χ3v) is 4.95. The zero-order valence-corrected chi connectivity index (χ0v) is 14.0. The number of ether oxygens (including phenoxy) is 2. The molecule has 0 radical (unpaired) electrons. The van der Waals surface area contributed by atoms with E-state index >= 15 is 0 Å². The van der Waals surface area contributed by atoms with Crippen LogP contribution in [0.25, 0.3) is 5.57 Å². The van der Waals surface area contributed by atoms with Crippen molar-refractivity contribution in [2.45, 2.75) is 45.6 Å². The highest BCUT2D eigenvalue weighted by Crippen LogP contribution is 2.42. The summed E-state index contributed by atoms with van der Waals surface area (Å²) in [5, 5.41) is 10.9. The molecular formula is C19H24O4. The summed E-state index contributed by atoms with van der Waals surface area (Å²) in [5.74, 6) is 0.0711. The predicted molar refractivity (Wildman–Crippen MR) is 88.1 cm³/mol. The van der Waals surface area contributed by atoms with Gasteiger partial charge < -0.3 is 14.6 Å². The summed E-state index contributed by atoms with van der Waals surface area (Å²) in [4.78, 5) is 12.5. The Morgan fingerprint density at radius 3 is 2.83 bits per heavy atom. The molecule has 4 heteroatoms. The highest BCUT2D eigenvalue weighted by atomic mass is 16.6. The quantitative estimate of drug-likeness (QED) is 0.803. The van der Waals surface area contributed by atoms with Gasteiger partial charge in [0, 0.05) is 6.61 Å². The summed E-state index contributed by atoms with van der Waals surface area (Å²) in [5.41, 5.74) is 2.02. The molecule has 2 unspecified atom stereocenters. The molecular weight excluding hydrogens is 292 g/mol. The molecule has 2 heterocycles. The van der Waals surface area contributed by atoms with Crippen LogP contribution < -0.4 is 0 Å². The van der Waals surface area contributed by atoms with Gasteiger partial charge in [0.15, 0.2) is 11.4 Å². The highest BCUT2D eigenvalue weighted by Gasteiger charge is 2.49. The Morgan fingerprint density at radius 1 is 1.26 bits per heavy atom. The topological polar surface area (TPSA) is 55.8 Å². The summed E-state index contributed by atoms with van der Waals surface area (Å²) in [6.07, 6.45) is 2.50. The van der Waals surface area contributed by atoms with Crippen LogP contribution in [-0.4, -0.2) is 29.9 Å². The standard InChI is InChI=1S/C19H24O4/c1-12-6-8-19(11-22-9-7-12)17(20)16(18(21)23-19)15-10-13(2)4-5-14(15)3/h4-5,10,12,20H,6-9,11H2,1-3H3. The third-order valence-electron chi connectivity index (χ3n) is 4.95. The molecule has 0 bridgehead atoms. The van der Waals surface area contributed by atoms with E-state index in [9.17, 15) is 9.90 Å². The van der Waals surface area contributed by atoms with Gasteiger partial charge in [-0.2, -0.15) is 0 Å². The van der Waals surface area contributed by atoms with Gasteiger partial charge in [0.2, 0.25) is 0 Å². The molecule has 0 aromatic heterocycles. The number of carbonyl (C=O) groups excluding carboxylic acids is 1. The van der Waals surface area contributed by atoms with E-state index in [4.69, 9.17) is 9.47 Å². The molecule has 1 aromatic carbocycles. The van der Waals surface area contributed by atoms with Gasteiger partial charge >= 0.3 is 5.97 Å². The van der Waals surface area contributed by atoms with Gasteiger partial charge in [0.25, 0.3) is 0 Å². The van der Waals surface area contributed by atoms with Crippen LogP contribution in [0.3, 0.4) is 0 Å². The number of rotatable bonds is 1. The number of esters is 1. The predicted octanol–water partition coefficient (Wildman–Crippen LogP) is 3.70. The second-order valence-corrected chi connectivity index (χ2v) is 6.91. The van der Waals surface area contributed by atoms with Crippen LogP contribution in [0.5, 0.6) is 0 Å². The van der Waals surface area contributed by atoms with E-state index < -0.39 is 11.6 Å². The van der Waals surface area contributed by atoms with E-state index in [2.05, 4.69) is 6.92 Å². The molecule has 2 atom stereocenters.